The average molecular weight is 186 g/mol. The zero-order valence-corrected chi connectivity index (χ0v) is 8.40. The van der Waals surface area contributed by atoms with Gasteiger partial charge in [0.2, 0.25) is 0 Å². The Morgan fingerprint density at radius 2 is 2.00 bits per heavy atom. The highest BCUT2D eigenvalue weighted by Gasteiger charge is 2.21. The van der Waals surface area contributed by atoms with Gasteiger partial charge in [0, 0.05) is 26.2 Å². The van der Waals surface area contributed by atoms with Crippen LogP contribution in [-0.2, 0) is 9.53 Å². The van der Waals surface area contributed by atoms with Gasteiger partial charge in [-0.2, -0.15) is 0 Å². The van der Waals surface area contributed by atoms with Gasteiger partial charge in [0.05, 0.1) is 0 Å². The Hall–Kier alpha value is -0.610. The lowest BCUT2D eigenvalue weighted by Crippen LogP contribution is -2.49. The summed E-state index contributed by atoms with van der Waals surface area (Å²) in [4.78, 5) is 14.7. The molecule has 1 atom stereocenters. The first-order valence-corrected chi connectivity index (χ1v) is 4.79. The quantitative estimate of drug-likeness (QED) is 0.585. The molecular formula is C9H18N2O2. The van der Waals surface area contributed by atoms with Crippen LogP contribution < -0.4 is 0 Å². The number of carbonyl (C=O) groups is 1. The van der Waals surface area contributed by atoms with E-state index in [0.717, 1.165) is 32.6 Å². The molecule has 0 aromatic rings. The summed E-state index contributed by atoms with van der Waals surface area (Å²) < 4.78 is 4.99. The fourth-order valence-electron chi connectivity index (χ4n) is 1.61. The van der Waals surface area contributed by atoms with Gasteiger partial charge in [-0.05, 0) is 13.5 Å². The first-order chi connectivity index (χ1) is 6.27. The van der Waals surface area contributed by atoms with Gasteiger partial charge >= 0.3 is 0 Å². The van der Waals surface area contributed by atoms with Crippen molar-refractivity contribution in [2.45, 2.75) is 19.6 Å². The van der Waals surface area contributed by atoms with Crippen LogP contribution in [0, 0.1) is 0 Å². The standard InChI is InChI=1S/C9H18N2O2/c1-3-9(13-8-12)11-6-4-10(2)5-7-11/h8-9H,3-7H2,1-2H3. The Kier molecular flexibility index (Phi) is 4.18. The monoisotopic (exact) mass is 186 g/mol. The van der Waals surface area contributed by atoms with Crippen molar-refractivity contribution in [3.8, 4) is 0 Å². The molecule has 0 aromatic heterocycles. The Labute approximate surface area is 79.4 Å². The van der Waals surface area contributed by atoms with Crippen molar-refractivity contribution < 1.29 is 9.53 Å². The van der Waals surface area contributed by atoms with Crippen molar-refractivity contribution in [1.82, 2.24) is 9.80 Å². The second-order valence-electron chi connectivity index (χ2n) is 3.43. The fourth-order valence-corrected chi connectivity index (χ4v) is 1.61. The van der Waals surface area contributed by atoms with Gasteiger partial charge in [0.1, 0.15) is 0 Å². The molecule has 76 valence electrons. The lowest BCUT2D eigenvalue weighted by molar-refractivity contribution is -0.145. The number of rotatable bonds is 4. The molecule has 0 aromatic carbocycles. The summed E-state index contributed by atoms with van der Waals surface area (Å²) in [5.74, 6) is 0. The molecule has 13 heavy (non-hydrogen) atoms. The predicted octanol–water partition coefficient (Wildman–Crippen LogP) is 0.143. The minimum Gasteiger partial charge on any atom is -0.449 e. The molecule has 1 heterocycles. The van der Waals surface area contributed by atoms with Gasteiger partial charge in [0.15, 0.2) is 6.23 Å². The number of piperazine rings is 1. The second kappa shape index (κ2) is 5.19. The molecule has 0 N–H and O–H groups in total. The molecule has 0 spiro atoms. The Bertz CT molecular complexity index is 156. The van der Waals surface area contributed by atoms with Gasteiger partial charge in [-0.3, -0.25) is 9.69 Å². The summed E-state index contributed by atoms with van der Waals surface area (Å²) in [5, 5.41) is 0. The molecule has 1 unspecified atom stereocenters. The van der Waals surface area contributed by atoms with E-state index in [1.165, 1.54) is 0 Å². The van der Waals surface area contributed by atoms with Crippen LogP contribution in [0.25, 0.3) is 0 Å². The zero-order chi connectivity index (χ0) is 9.68. The van der Waals surface area contributed by atoms with E-state index in [-0.39, 0.29) is 6.23 Å². The van der Waals surface area contributed by atoms with Crippen molar-refractivity contribution in [3.63, 3.8) is 0 Å². The summed E-state index contributed by atoms with van der Waals surface area (Å²) in [5.41, 5.74) is 0. The third-order valence-corrected chi connectivity index (χ3v) is 2.51. The van der Waals surface area contributed by atoms with E-state index in [0.29, 0.717) is 6.47 Å². The Morgan fingerprint density at radius 1 is 1.38 bits per heavy atom. The molecule has 0 amide bonds. The van der Waals surface area contributed by atoms with Crippen LogP contribution in [0.3, 0.4) is 0 Å². The molecule has 1 fully saturated rings. The summed E-state index contributed by atoms with van der Waals surface area (Å²) in [6, 6.07) is 0. The predicted molar refractivity (Wildman–Crippen MR) is 50.3 cm³/mol. The lowest BCUT2D eigenvalue weighted by atomic mass is 10.3. The van der Waals surface area contributed by atoms with E-state index in [9.17, 15) is 4.79 Å². The molecule has 0 radical (unpaired) electrons. The molecule has 0 saturated carbocycles. The molecule has 4 nitrogen and oxygen atoms in total. The highest BCUT2D eigenvalue weighted by molar-refractivity contribution is 5.37. The van der Waals surface area contributed by atoms with Gasteiger partial charge < -0.3 is 9.64 Å². The number of nitrogens with zero attached hydrogens (tertiary/aromatic N) is 2. The van der Waals surface area contributed by atoms with Crippen LogP contribution in [0.2, 0.25) is 0 Å². The van der Waals surface area contributed by atoms with Crippen molar-refractivity contribution >= 4 is 6.47 Å². The summed E-state index contributed by atoms with van der Waals surface area (Å²) >= 11 is 0. The van der Waals surface area contributed by atoms with Crippen molar-refractivity contribution in [3.05, 3.63) is 0 Å². The number of likely N-dealkylation sites (N-methyl/N-ethyl adjacent to an activating group) is 1. The normalized spacial score (nSPS) is 22.6. The van der Waals surface area contributed by atoms with Gasteiger partial charge in [-0.15, -0.1) is 0 Å². The van der Waals surface area contributed by atoms with Crippen LogP contribution in [0.15, 0.2) is 0 Å². The molecular weight excluding hydrogens is 168 g/mol. The maximum atomic E-state index is 10.2. The molecule has 0 aliphatic carbocycles. The summed E-state index contributed by atoms with van der Waals surface area (Å²) in [7, 11) is 2.11. The highest BCUT2D eigenvalue weighted by atomic mass is 16.5. The maximum absolute atomic E-state index is 10.2. The fraction of sp³-hybridized carbons (Fsp3) is 0.889. The number of ether oxygens (including phenoxy) is 1. The minimum atomic E-state index is -0.0220. The van der Waals surface area contributed by atoms with E-state index in [2.05, 4.69) is 16.8 Å². The smallest absolute Gasteiger partial charge is 0.294 e. The van der Waals surface area contributed by atoms with E-state index in [1.807, 2.05) is 6.92 Å². The maximum Gasteiger partial charge on any atom is 0.294 e. The molecule has 1 aliphatic heterocycles. The third kappa shape index (κ3) is 2.97. The topological polar surface area (TPSA) is 32.8 Å². The van der Waals surface area contributed by atoms with Crippen LogP contribution in [0.4, 0.5) is 0 Å². The zero-order valence-electron chi connectivity index (χ0n) is 8.40. The third-order valence-electron chi connectivity index (χ3n) is 2.51. The second-order valence-corrected chi connectivity index (χ2v) is 3.43. The van der Waals surface area contributed by atoms with Gasteiger partial charge in [-0.1, -0.05) is 6.92 Å². The average Bonchev–Trinajstić information content (AvgIpc) is 2.16. The first-order valence-electron chi connectivity index (χ1n) is 4.79. The van der Waals surface area contributed by atoms with Crippen LogP contribution in [-0.4, -0.2) is 55.7 Å². The van der Waals surface area contributed by atoms with E-state index < -0.39 is 0 Å². The lowest BCUT2D eigenvalue weighted by Gasteiger charge is -2.36. The molecule has 4 heteroatoms. The number of hydrogen-bond acceptors (Lipinski definition) is 4. The van der Waals surface area contributed by atoms with E-state index >= 15 is 0 Å². The summed E-state index contributed by atoms with van der Waals surface area (Å²) in [6.07, 6.45) is 0.842. The van der Waals surface area contributed by atoms with E-state index in [4.69, 9.17) is 4.74 Å². The largest absolute Gasteiger partial charge is 0.449 e. The molecule has 1 saturated heterocycles. The number of hydrogen-bond donors (Lipinski definition) is 0. The summed E-state index contributed by atoms with van der Waals surface area (Å²) in [6.45, 7) is 6.67. The van der Waals surface area contributed by atoms with Crippen molar-refractivity contribution in [1.29, 1.82) is 0 Å². The minimum absolute atomic E-state index is 0.0220. The Morgan fingerprint density at radius 3 is 2.46 bits per heavy atom. The van der Waals surface area contributed by atoms with Crippen molar-refractivity contribution in [2.75, 3.05) is 33.2 Å². The van der Waals surface area contributed by atoms with Gasteiger partial charge in [0.25, 0.3) is 6.47 Å². The number of carbonyl (C=O) groups excluding carboxylic acids is 1. The van der Waals surface area contributed by atoms with Crippen LogP contribution >= 0.6 is 0 Å². The van der Waals surface area contributed by atoms with Crippen LogP contribution in [0.5, 0.6) is 0 Å². The first kappa shape index (κ1) is 10.5. The molecule has 0 bridgehead atoms. The Balaban J connectivity index is 2.36. The SMILES string of the molecule is CCC(OC=O)N1CCN(C)CC1. The highest BCUT2D eigenvalue weighted by Crippen LogP contribution is 2.08. The molecule has 1 rings (SSSR count). The van der Waals surface area contributed by atoms with E-state index in [1.54, 1.807) is 0 Å². The molecule has 1 aliphatic rings. The van der Waals surface area contributed by atoms with Crippen LogP contribution in [0.1, 0.15) is 13.3 Å². The van der Waals surface area contributed by atoms with Gasteiger partial charge in [-0.25, -0.2) is 0 Å². The van der Waals surface area contributed by atoms with Crippen molar-refractivity contribution in [2.24, 2.45) is 0 Å².